The van der Waals surface area contributed by atoms with E-state index in [1.807, 2.05) is 49.9 Å². The van der Waals surface area contributed by atoms with Crippen LogP contribution in [0.4, 0.5) is 10.8 Å². The van der Waals surface area contributed by atoms with Gasteiger partial charge >= 0.3 is 12.1 Å². The third-order valence-electron chi connectivity index (χ3n) is 7.63. The summed E-state index contributed by atoms with van der Waals surface area (Å²) in [7, 11) is 0. The number of carbonyl (C=O) groups excluding carboxylic acids is 2. The third-order valence-corrected chi connectivity index (χ3v) is 7.63. The molecule has 0 spiro atoms. The lowest BCUT2D eigenvalue weighted by Gasteiger charge is -2.30. The Kier molecular flexibility index (Phi) is 10.5. The number of amides is 2. The van der Waals surface area contributed by atoms with Crippen LogP contribution in [0.3, 0.4) is 0 Å². The molecule has 1 aromatic carbocycles. The van der Waals surface area contributed by atoms with Crippen molar-refractivity contribution in [1.29, 1.82) is 0 Å². The minimum atomic E-state index is -0.668. The minimum absolute atomic E-state index is 0.0584. The number of benzene rings is 1. The number of nitrogens with one attached hydrogen (secondary N) is 1. The first-order valence-electron chi connectivity index (χ1n) is 15.2. The van der Waals surface area contributed by atoms with Crippen LogP contribution in [-0.2, 0) is 16.0 Å². The van der Waals surface area contributed by atoms with Crippen LogP contribution in [0.15, 0.2) is 28.8 Å². The second-order valence-corrected chi connectivity index (χ2v) is 12.6. The summed E-state index contributed by atoms with van der Waals surface area (Å²) in [4.78, 5) is 34.2. The smallest absolute Gasteiger partial charge is 0.408 e. The van der Waals surface area contributed by atoms with Crippen LogP contribution in [0.5, 0.6) is 5.75 Å². The van der Waals surface area contributed by atoms with Crippen molar-refractivity contribution in [2.75, 3.05) is 37.7 Å². The maximum atomic E-state index is 13.2. The molecule has 10 nitrogen and oxygen atoms in total. The first-order valence-corrected chi connectivity index (χ1v) is 15.2. The van der Waals surface area contributed by atoms with E-state index < -0.39 is 17.7 Å². The van der Waals surface area contributed by atoms with Crippen LogP contribution >= 0.6 is 0 Å². The molecule has 10 heteroatoms. The summed E-state index contributed by atoms with van der Waals surface area (Å²) in [6.45, 7) is 13.6. The molecule has 1 N–H and O–H groups in total. The molecule has 0 radical (unpaired) electrons. The highest BCUT2D eigenvalue weighted by atomic mass is 16.6. The van der Waals surface area contributed by atoms with Gasteiger partial charge in [0, 0.05) is 38.5 Å². The Balaban J connectivity index is 1.20. The quantitative estimate of drug-likeness (QED) is 0.362. The van der Waals surface area contributed by atoms with E-state index in [9.17, 15) is 9.59 Å². The average Bonchev–Trinajstić information content (AvgIpc) is 3.64. The largest absolute Gasteiger partial charge is 0.494 e. The maximum absolute atomic E-state index is 13.2. The van der Waals surface area contributed by atoms with Gasteiger partial charge in [0.25, 0.3) is 0 Å². The summed E-state index contributed by atoms with van der Waals surface area (Å²) in [5, 5.41) is 6.89. The molecule has 41 heavy (non-hydrogen) atoms. The van der Waals surface area contributed by atoms with E-state index in [1.165, 1.54) is 0 Å². The molecule has 2 amide bonds. The summed E-state index contributed by atoms with van der Waals surface area (Å²) in [5.74, 6) is 2.45. The molecule has 4 rings (SSSR count). The van der Waals surface area contributed by atoms with Gasteiger partial charge in [0.2, 0.25) is 5.91 Å². The van der Waals surface area contributed by atoms with E-state index in [-0.39, 0.29) is 11.8 Å². The Morgan fingerprint density at radius 1 is 1.07 bits per heavy atom. The Bertz CT molecular complexity index is 1110. The third kappa shape index (κ3) is 9.36. The van der Waals surface area contributed by atoms with Crippen molar-refractivity contribution >= 4 is 18.0 Å². The van der Waals surface area contributed by atoms with Crippen LogP contribution in [0.25, 0.3) is 0 Å². The Labute approximate surface area is 244 Å². The standard InChI is InChI=1S/C31H47N5O5/c1-22(2)27-33-29(41-34-27)36-18-14-23(15-19-36)9-8-20-39-25-12-10-24(11-13-25)21-26(28(37)35-16-6-7-17-35)32-30(38)40-31(3,4)5/h10-13,22-23,26H,6-9,14-21H2,1-5H3,(H,32,38). The van der Waals surface area contributed by atoms with Crippen LogP contribution in [0, 0.1) is 5.92 Å². The van der Waals surface area contributed by atoms with Gasteiger partial charge in [-0.2, -0.15) is 4.98 Å². The number of hydrogen-bond donors (Lipinski definition) is 1. The summed E-state index contributed by atoms with van der Waals surface area (Å²) >= 11 is 0. The van der Waals surface area contributed by atoms with Crippen LogP contribution in [0.2, 0.25) is 0 Å². The zero-order valence-electron chi connectivity index (χ0n) is 25.4. The number of piperidine rings is 1. The number of carbonyl (C=O) groups is 2. The molecule has 3 heterocycles. The summed E-state index contributed by atoms with van der Waals surface area (Å²) in [5.41, 5.74) is 0.327. The summed E-state index contributed by atoms with van der Waals surface area (Å²) in [6.07, 6.45) is 6.17. The highest BCUT2D eigenvalue weighted by Gasteiger charge is 2.30. The topological polar surface area (TPSA) is 110 Å². The number of rotatable bonds is 11. The van der Waals surface area contributed by atoms with Gasteiger partial charge in [-0.1, -0.05) is 31.1 Å². The molecule has 1 unspecified atom stereocenters. The maximum Gasteiger partial charge on any atom is 0.408 e. The molecular weight excluding hydrogens is 522 g/mol. The number of likely N-dealkylation sites (tertiary alicyclic amines) is 1. The second kappa shape index (κ2) is 14.0. The number of nitrogens with zero attached hydrogens (tertiary/aromatic N) is 4. The number of aromatic nitrogens is 2. The van der Waals surface area contributed by atoms with Crippen molar-refractivity contribution in [2.24, 2.45) is 5.92 Å². The normalized spacial score (nSPS) is 17.1. The van der Waals surface area contributed by atoms with Gasteiger partial charge < -0.3 is 29.1 Å². The molecule has 2 saturated heterocycles. The molecule has 2 aliphatic rings. The van der Waals surface area contributed by atoms with Gasteiger partial charge in [-0.25, -0.2) is 4.79 Å². The number of hydrogen-bond acceptors (Lipinski definition) is 8. The number of ether oxygens (including phenoxy) is 2. The van der Waals surface area contributed by atoms with Crippen molar-refractivity contribution in [3.8, 4) is 5.75 Å². The van der Waals surface area contributed by atoms with E-state index >= 15 is 0 Å². The molecule has 1 aromatic heterocycles. The number of anilines is 1. The average molecular weight is 570 g/mol. The van der Waals surface area contributed by atoms with Crippen LogP contribution < -0.4 is 15.0 Å². The highest BCUT2D eigenvalue weighted by Crippen LogP contribution is 2.26. The second-order valence-electron chi connectivity index (χ2n) is 12.6. The summed E-state index contributed by atoms with van der Waals surface area (Å²) < 4.78 is 16.9. The van der Waals surface area contributed by atoms with Gasteiger partial charge in [0.05, 0.1) is 6.61 Å². The van der Waals surface area contributed by atoms with Crippen molar-refractivity contribution in [2.45, 2.75) is 97.1 Å². The van der Waals surface area contributed by atoms with Crippen molar-refractivity contribution in [1.82, 2.24) is 20.4 Å². The first-order chi connectivity index (χ1) is 19.6. The monoisotopic (exact) mass is 569 g/mol. The molecule has 2 aliphatic heterocycles. The molecule has 0 aliphatic carbocycles. The van der Waals surface area contributed by atoms with Crippen molar-refractivity contribution < 1.29 is 23.6 Å². The molecule has 226 valence electrons. The fraction of sp³-hybridized carbons (Fsp3) is 0.677. The highest BCUT2D eigenvalue weighted by molar-refractivity contribution is 5.86. The predicted molar refractivity (Wildman–Crippen MR) is 157 cm³/mol. The lowest BCUT2D eigenvalue weighted by Crippen LogP contribution is -2.50. The lowest BCUT2D eigenvalue weighted by molar-refractivity contribution is -0.132. The molecule has 2 fully saturated rings. The van der Waals surface area contributed by atoms with Gasteiger partial charge in [0.1, 0.15) is 17.4 Å². The van der Waals surface area contributed by atoms with Crippen LogP contribution in [0.1, 0.15) is 90.4 Å². The van der Waals surface area contributed by atoms with Gasteiger partial charge in [0.15, 0.2) is 5.82 Å². The van der Waals surface area contributed by atoms with E-state index in [0.717, 1.165) is 81.8 Å². The molecule has 2 aromatic rings. The SMILES string of the molecule is CC(C)c1noc(N2CCC(CCCOc3ccc(CC(NC(=O)OC(C)(C)C)C(=O)N4CCCC4)cc3)CC2)n1. The van der Waals surface area contributed by atoms with E-state index in [1.54, 1.807) is 0 Å². The van der Waals surface area contributed by atoms with Crippen LogP contribution in [-0.4, -0.2) is 71.5 Å². The van der Waals surface area contributed by atoms with Gasteiger partial charge in [-0.05, 0) is 82.9 Å². The zero-order chi connectivity index (χ0) is 29.4. The van der Waals surface area contributed by atoms with Gasteiger partial charge in [-0.3, -0.25) is 4.79 Å². The minimum Gasteiger partial charge on any atom is -0.494 e. The van der Waals surface area contributed by atoms with E-state index in [2.05, 4.69) is 34.2 Å². The van der Waals surface area contributed by atoms with E-state index in [4.69, 9.17) is 14.0 Å². The van der Waals surface area contributed by atoms with Crippen molar-refractivity contribution in [3.05, 3.63) is 35.7 Å². The van der Waals surface area contributed by atoms with Crippen molar-refractivity contribution in [3.63, 3.8) is 0 Å². The Morgan fingerprint density at radius 2 is 1.76 bits per heavy atom. The molecule has 1 atom stereocenters. The first kappa shape index (κ1) is 30.7. The van der Waals surface area contributed by atoms with E-state index in [0.29, 0.717) is 25.0 Å². The molecule has 0 saturated carbocycles. The molecular formula is C31H47N5O5. The lowest BCUT2D eigenvalue weighted by atomic mass is 9.92. The molecule has 0 bridgehead atoms. The predicted octanol–water partition coefficient (Wildman–Crippen LogP) is 5.33. The zero-order valence-corrected chi connectivity index (χ0v) is 25.4. The number of alkyl carbamates (subject to hydrolysis) is 1. The van der Waals surface area contributed by atoms with Gasteiger partial charge in [-0.15, -0.1) is 0 Å². The fourth-order valence-corrected chi connectivity index (χ4v) is 5.33. The Morgan fingerprint density at radius 3 is 2.37 bits per heavy atom. The Hall–Kier alpha value is -3.30. The summed E-state index contributed by atoms with van der Waals surface area (Å²) in [6, 6.07) is 7.79. The fourth-order valence-electron chi connectivity index (χ4n) is 5.33.